The van der Waals surface area contributed by atoms with Crippen molar-refractivity contribution in [3.63, 3.8) is 0 Å². The largest absolute Gasteiger partial charge is 0.461 e. The Balaban J connectivity index is 1.86. The molecule has 26 heavy (non-hydrogen) atoms. The number of thioether (sulfide) groups is 1. The minimum absolute atomic E-state index is 0.160. The Hall–Kier alpha value is -2.74. The molecule has 2 heterocycles. The van der Waals surface area contributed by atoms with Crippen LogP contribution in [-0.4, -0.2) is 25.8 Å². The van der Waals surface area contributed by atoms with Crippen molar-refractivity contribution in [1.29, 1.82) is 0 Å². The molecule has 0 bridgehead atoms. The summed E-state index contributed by atoms with van der Waals surface area (Å²) in [4.78, 5) is 12.5. The molecule has 0 radical (unpaired) electrons. The monoisotopic (exact) mass is 375 g/mol. The number of rotatable bonds is 7. The summed E-state index contributed by atoms with van der Waals surface area (Å²) < 4.78 is 34.0. The highest BCUT2D eigenvalue weighted by Crippen LogP contribution is 2.29. The van der Waals surface area contributed by atoms with Crippen LogP contribution in [-0.2, 0) is 6.54 Å². The summed E-state index contributed by atoms with van der Waals surface area (Å²) in [6.07, 6.45) is 3.20. The maximum atomic E-state index is 13.9. The van der Waals surface area contributed by atoms with Gasteiger partial charge in [-0.25, -0.2) is 8.78 Å². The first-order valence-corrected chi connectivity index (χ1v) is 8.63. The number of aromatic nitrogens is 3. The van der Waals surface area contributed by atoms with Gasteiger partial charge in [0.05, 0.1) is 17.1 Å². The number of nitrogens with zero attached hydrogens (tertiary/aromatic N) is 3. The van der Waals surface area contributed by atoms with Crippen LogP contribution in [0.5, 0.6) is 0 Å². The van der Waals surface area contributed by atoms with Gasteiger partial charge in [-0.2, -0.15) is 0 Å². The molecule has 0 aliphatic rings. The second kappa shape index (κ2) is 7.65. The highest BCUT2D eigenvalue weighted by Gasteiger charge is 2.24. The van der Waals surface area contributed by atoms with Gasteiger partial charge in [0, 0.05) is 12.6 Å². The lowest BCUT2D eigenvalue weighted by molar-refractivity contribution is 0.0990. The number of ketones is 1. The average molecular weight is 375 g/mol. The van der Waals surface area contributed by atoms with Gasteiger partial charge in [0.1, 0.15) is 11.6 Å². The third-order valence-corrected chi connectivity index (χ3v) is 4.70. The molecule has 0 fully saturated rings. The summed E-state index contributed by atoms with van der Waals surface area (Å²) in [6.45, 7) is 5.76. The van der Waals surface area contributed by atoms with Gasteiger partial charge >= 0.3 is 0 Å². The van der Waals surface area contributed by atoms with Gasteiger partial charge in [0.25, 0.3) is 0 Å². The zero-order chi connectivity index (χ0) is 18.7. The summed E-state index contributed by atoms with van der Waals surface area (Å²) in [5.74, 6) is -1.03. The van der Waals surface area contributed by atoms with Crippen molar-refractivity contribution >= 4 is 17.5 Å². The standard InChI is InChI=1S/C18H15F2N3O2S/c1-3-8-23-17(15-5-4-9-25-15)21-22-18(23)26-11(2)16(24)13-7-6-12(19)10-14(13)20/h3-7,9-11H,1,8H2,2H3. The van der Waals surface area contributed by atoms with Gasteiger partial charge in [-0.3, -0.25) is 9.36 Å². The molecule has 3 rings (SSSR count). The summed E-state index contributed by atoms with van der Waals surface area (Å²) in [7, 11) is 0. The summed E-state index contributed by atoms with van der Waals surface area (Å²) in [6, 6.07) is 6.38. The van der Waals surface area contributed by atoms with Gasteiger partial charge < -0.3 is 4.42 Å². The predicted molar refractivity (Wildman–Crippen MR) is 93.9 cm³/mol. The van der Waals surface area contributed by atoms with Crippen molar-refractivity contribution in [1.82, 2.24) is 14.8 Å². The molecular formula is C18H15F2N3O2S. The van der Waals surface area contributed by atoms with Crippen LogP contribution in [0.1, 0.15) is 17.3 Å². The van der Waals surface area contributed by atoms with Gasteiger partial charge in [-0.05, 0) is 31.2 Å². The fourth-order valence-electron chi connectivity index (χ4n) is 2.38. The first-order chi connectivity index (χ1) is 12.5. The highest BCUT2D eigenvalue weighted by atomic mass is 32.2. The van der Waals surface area contributed by atoms with Crippen LogP contribution in [0.4, 0.5) is 8.78 Å². The molecule has 1 unspecified atom stereocenters. The normalized spacial score (nSPS) is 12.1. The number of benzene rings is 1. The molecule has 0 aliphatic heterocycles. The van der Waals surface area contributed by atoms with E-state index >= 15 is 0 Å². The van der Waals surface area contributed by atoms with E-state index in [0.29, 0.717) is 29.4 Å². The van der Waals surface area contributed by atoms with E-state index in [2.05, 4.69) is 16.8 Å². The molecule has 0 saturated heterocycles. The Morgan fingerprint density at radius 3 is 2.85 bits per heavy atom. The van der Waals surface area contributed by atoms with E-state index < -0.39 is 22.7 Å². The molecule has 3 aromatic rings. The van der Waals surface area contributed by atoms with Gasteiger partial charge in [-0.15, -0.1) is 16.8 Å². The van der Waals surface area contributed by atoms with E-state index in [9.17, 15) is 13.6 Å². The lowest BCUT2D eigenvalue weighted by atomic mass is 10.1. The third-order valence-electron chi connectivity index (χ3n) is 3.62. The SMILES string of the molecule is C=CCn1c(SC(C)C(=O)c2ccc(F)cc2F)nnc1-c1ccco1. The molecule has 5 nitrogen and oxygen atoms in total. The maximum Gasteiger partial charge on any atom is 0.200 e. The highest BCUT2D eigenvalue weighted by molar-refractivity contribution is 8.00. The maximum absolute atomic E-state index is 13.9. The predicted octanol–water partition coefficient (Wildman–Crippen LogP) is 4.37. The molecule has 0 amide bonds. The molecule has 1 aromatic carbocycles. The Labute approximate surface area is 152 Å². The zero-order valence-corrected chi connectivity index (χ0v) is 14.7. The Kier molecular flexibility index (Phi) is 5.32. The van der Waals surface area contributed by atoms with E-state index in [0.717, 1.165) is 23.9 Å². The van der Waals surface area contributed by atoms with Crippen molar-refractivity contribution in [2.45, 2.75) is 23.9 Å². The molecular weight excluding hydrogens is 360 g/mol. The van der Waals surface area contributed by atoms with Crippen LogP contribution in [0, 0.1) is 11.6 Å². The Morgan fingerprint density at radius 2 is 2.19 bits per heavy atom. The number of halogens is 2. The number of furan rings is 1. The van der Waals surface area contributed by atoms with Crippen molar-refractivity contribution in [3.05, 3.63) is 66.4 Å². The van der Waals surface area contributed by atoms with Crippen LogP contribution >= 0.6 is 11.8 Å². The molecule has 2 aromatic heterocycles. The molecule has 8 heteroatoms. The van der Waals surface area contributed by atoms with Crippen LogP contribution in [0.25, 0.3) is 11.6 Å². The van der Waals surface area contributed by atoms with Crippen LogP contribution in [0.2, 0.25) is 0 Å². The van der Waals surface area contributed by atoms with Gasteiger partial charge in [0.2, 0.25) is 5.82 Å². The van der Waals surface area contributed by atoms with E-state index in [-0.39, 0.29) is 5.56 Å². The number of hydrogen-bond acceptors (Lipinski definition) is 5. The van der Waals surface area contributed by atoms with Crippen molar-refractivity contribution in [3.8, 4) is 11.6 Å². The van der Waals surface area contributed by atoms with Crippen molar-refractivity contribution in [2.75, 3.05) is 0 Å². The number of allylic oxidation sites excluding steroid dienone is 1. The topological polar surface area (TPSA) is 60.9 Å². The van der Waals surface area contributed by atoms with E-state index in [4.69, 9.17) is 4.42 Å². The van der Waals surface area contributed by atoms with Crippen LogP contribution < -0.4 is 0 Å². The molecule has 0 spiro atoms. The summed E-state index contributed by atoms with van der Waals surface area (Å²) in [5.41, 5.74) is -0.160. The Bertz CT molecular complexity index is 938. The van der Waals surface area contributed by atoms with Crippen molar-refractivity contribution in [2.24, 2.45) is 0 Å². The number of Topliss-reactive ketones (excluding diaryl/α,β-unsaturated/α-hetero) is 1. The molecule has 134 valence electrons. The van der Waals surface area contributed by atoms with E-state index in [1.165, 1.54) is 6.26 Å². The fraction of sp³-hybridized carbons (Fsp3) is 0.167. The smallest absolute Gasteiger partial charge is 0.200 e. The average Bonchev–Trinajstić information content (AvgIpc) is 3.25. The van der Waals surface area contributed by atoms with E-state index in [1.807, 2.05) is 0 Å². The summed E-state index contributed by atoms with van der Waals surface area (Å²) in [5, 5.41) is 8.04. The number of carbonyl (C=O) groups excluding carboxylic acids is 1. The van der Waals surface area contributed by atoms with Crippen molar-refractivity contribution < 1.29 is 18.0 Å². The molecule has 1 atom stereocenters. The lowest BCUT2D eigenvalue weighted by Gasteiger charge is -2.12. The Morgan fingerprint density at radius 1 is 1.38 bits per heavy atom. The number of carbonyl (C=O) groups is 1. The van der Waals surface area contributed by atoms with Gasteiger partial charge in [-0.1, -0.05) is 17.8 Å². The first-order valence-electron chi connectivity index (χ1n) is 7.75. The molecule has 0 N–H and O–H groups in total. The zero-order valence-electron chi connectivity index (χ0n) is 13.9. The molecule has 0 aliphatic carbocycles. The van der Waals surface area contributed by atoms with E-state index in [1.54, 1.807) is 29.7 Å². The second-order valence-corrected chi connectivity index (χ2v) is 6.74. The first kappa shape index (κ1) is 18.1. The summed E-state index contributed by atoms with van der Waals surface area (Å²) >= 11 is 1.13. The van der Waals surface area contributed by atoms with Gasteiger partial charge in [0.15, 0.2) is 16.7 Å². The number of hydrogen-bond donors (Lipinski definition) is 0. The third kappa shape index (κ3) is 3.60. The van der Waals surface area contributed by atoms with Crippen LogP contribution in [0.15, 0.2) is 58.8 Å². The minimum Gasteiger partial charge on any atom is -0.461 e. The lowest BCUT2D eigenvalue weighted by Crippen LogP contribution is -2.16. The van der Waals surface area contributed by atoms with Crippen LogP contribution in [0.3, 0.4) is 0 Å². The second-order valence-electron chi connectivity index (χ2n) is 5.43. The fourth-order valence-corrected chi connectivity index (χ4v) is 3.30. The minimum atomic E-state index is -0.883. The quantitative estimate of drug-likeness (QED) is 0.349. The molecule has 0 saturated carbocycles.